The molecule has 4 aromatic rings. The lowest BCUT2D eigenvalue weighted by Gasteiger charge is -2.39. The Labute approximate surface area is 207 Å². The molecule has 8 heteroatoms. The van der Waals surface area contributed by atoms with Crippen LogP contribution in [0.5, 0.6) is 11.5 Å². The summed E-state index contributed by atoms with van der Waals surface area (Å²) < 4.78 is 6.17. The predicted octanol–water partition coefficient (Wildman–Crippen LogP) is 5.45. The van der Waals surface area contributed by atoms with Gasteiger partial charge in [-0.05, 0) is 36.4 Å². The summed E-state index contributed by atoms with van der Waals surface area (Å²) in [7, 11) is 0. The van der Waals surface area contributed by atoms with Crippen molar-refractivity contribution in [1.82, 2.24) is 14.8 Å². The highest BCUT2D eigenvalue weighted by molar-refractivity contribution is 6.31. The van der Waals surface area contributed by atoms with Crippen molar-refractivity contribution in [3.8, 4) is 11.5 Å². The molecule has 0 bridgehead atoms. The van der Waals surface area contributed by atoms with Gasteiger partial charge < -0.3 is 19.7 Å². The number of H-pyrrole nitrogens is 1. The van der Waals surface area contributed by atoms with Gasteiger partial charge in [0.25, 0.3) is 0 Å². The van der Waals surface area contributed by atoms with Crippen LogP contribution in [0.1, 0.15) is 17.2 Å². The highest BCUT2D eigenvalue weighted by Gasteiger charge is 2.34. The van der Waals surface area contributed by atoms with Crippen molar-refractivity contribution in [2.75, 3.05) is 26.2 Å². The Kier molecular flexibility index (Phi) is 5.43. The third-order valence-corrected chi connectivity index (χ3v) is 6.86. The lowest BCUT2D eigenvalue weighted by Crippen LogP contribution is -2.51. The third-order valence-electron chi connectivity index (χ3n) is 6.62. The Balaban J connectivity index is 1.29. The number of rotatable bonds is 3. The van der Waals surface area contributed by atoms with Crippen molar-refractivity contribution in [2.24, 2.45) is 4.99 Å². The van der Waals surface area contributed by atoms with E-state index in [1.807, 2.05) is 65.6 Å². The number of aliphatic carboxylic acids is 1. The summed E-state index contributed by atoms with van der Waals surface area (Å²) in [5, 5.41) is 11.7. The minimum atomic E-state index is -0.867. The van der Waals surface area contributed by atoms with Gasteiger partial charge in [-0.25, -0.2) is 4.99 Å². The van der Waals surface area contributed by atoms with Crippen LogP contribution in [0.25, 0.3) is 10.9 Å². The number of piperazine rings is 1. The summed E-state index contributed by atoms with van der Waals surface area (Å²) in [5.41, 5.74) is 3.29. The summed E-state index contributed by atoms with van der Waals surface area (Å²) >= 11 is 6.12. The first-order chi connectivity index (χ1) is 17.1. The molecule has 0 radical (unpaired) electrons. The van der Waals surface area contributed by atoms with Crippen molar-refractivity contribution in [3.05, 3.63) is 89.1 Å². The molecule has 1 atom stereocenters. The number of aromatic nitrogens is 1. The van der Waals surface area contributed by atoms with Crippen LogP contribution >= 0.6 is 11.6 Å². The lowest BCUT2D eigenvalue weighted by atomic mass is 10.0. The zero-order valence-electron chi connectivity index (χ0n) is 18.8. The molecule has 1 saturated heterocycles. The van der Waals surface area contributed by atoms with Crippen LogP contribution in [-0.4, -0.2) is 57.9 Å². The zero-order chi connectivity index (χ0) is 23.9. The molecule has 7 nitrogen and oxygen atoms in total. The first-order valence-electron chi connectivity index (χ1n) is 11.5. The molecule has 3 aromatic carbocycles. The number of benzene rings is 3. The topological polar surface area (TPSA) is 81.2 Å². The van der Waals surface area contributed by atoms with E-state index in [0.717, 1.165) is 45.1 Å². The molecule has 1 aromatic heterocycles. The van der Waals surface area contributed by atoms with E-state index in [-0.39, 0.29) is 0 Å². The maximum absolute atomic E-state index is 12.4. The Morgan fingerprint density at radius 3 is 2.54 bits per heavy atom. The number of hydrogen-bond donors (Lipinski definition) is 2. The van der Waals surface area contributed by atoms with Gasteiger partial charge >= 0.3 is 5.97 Å². The average Bonchev–Trinajstić information content (AvgIpc) is 3.18. The molecule has 2 aliphatic rings. The average molecular weight is 487 g/mol. The second kappa shape index (κ2) is 8.76. The zero-order valence-corrected chi connectivity index (χ0v) is 19.6. The van der Waals surface area contributed by atoms with Gasteiger partial charge in [0.2, 0.25) is 0 Å². The number of aromatic amines is 1. The number of carbonyl (C=O) groups is 1. The Bertz CT molecular complexity index is 1460. The van der Waals surface area contributed by atoms with Gasteiger partial charge in [-0.15, -0.1) is 0 Å². The van der Waals surface area contributed by atoms with Gasteiger partial charge in [0.1, 0.15) is 23.3 Å². The van der Waals surface area contributed by atoms with Gasteiger partial charge in [-0.1, -0.05) is 41.9 Å². The van der Waals surface area contributed by atoms with Gasteiger partial charge in [0, 0.05) is 53.9 Å². The van der Waals surface area contributed by atoms with Crippen LogP contribution < -0.4 is 4.74 Å². The monoisotopic (exact) mass is 486 g/mol. The highest BCUT2D eigenvalue weighted by Crippen LogP contribution is 2.38. The van der Waals surface area contributed by atoms with Crippen molar-refractivity contribution in [3.63, 3.8) is 0 Å². The fourth-order valence-corrected chi connectivity index (χ4v) is 5.11. The Hall–Kier alpha value is -3.81. The van der Waals surface area contributed by atoms with Crippen molar-refractivity contribution < 1.29 is 14.6 Å². The predicted molar refractivity (Wildman–Crippen MR) is 136 cm³/mol. The van der Waals surface area contributed by atoms with E-state index in [1.54, 1.807) is 12.3 Å². The molecule has 0 saturated carbocycles. The summed E-state index contributed by atoms with van der Waals surface area (Å²) in [5.74, 6) is 1.46. The number of aliphatic imine (C=N–C) groups is 1. The van der Waals surface area contributed by atoms with Crippen LogP contribution in [0.3, 0.4) is 0 Å². The van der Waals surface area contributed by atoms with Crippen molar-refractivity contribution in [2.45, 2.75) is 6.04 Å². The van der Waals surface area contributed by atoms with E-state index in [2.05, 4.69) is 9.88 Å². The molecule has 0 aliphatic carbocycles. The number of amidine groups is 1. The number of fused-ring (bicyclic) bond motifs is 3. The largest absolute Gasteiger partial charge is 0.480 e. The van der Waals surface area contributed by atoms with Gasteiger partial charge in [-0.2, -0.15) is 0 Å². The second-order valence-corrected chi connectivity index (χ2v) is 9.14. The quantitative estimate of drug-likeness (QED) is 0.402. The maximum Gasteiger partial charge on any atom is 0.325 e. The van der Waals surface area contributed by atoms with E-state index >= 15 is 0 Å². The minimum absolute atomic E-state index is 0.584. The summed E-state index contributed by atoms with van der Waals surface area (Å²) in [6.07, 6.45) is 1.78. The number of carboxylic acids is 1. The molecule has 0 amide bonds. The number of halogens is 1. The molecule has 2 N–H and O–H groups in total. The van der Waals surface area contributed by atoms with E-state index in [9.17, 15) is 9.90 Å². The van der Waals surface area contributed by atoms with E-state index in [1.165, 1.54) is 0 Å². The molecule has 6 rings (SSSR count). The summed E-state index contributed by atoms with van der Waals surface area (Å²) in [6.45, 7) is 2.46. The van der Waals surface area contributed by atoms with Crippen LogP contribution in [0.15, 0.2) is 77.9 Å². The second-order valence-electron chi connectivity index (χ2n) is 8.70. The first-order valence-corrected chi connectivity index (χ1v) is 11.9. The molecule has 3 heterocycles. The molecular formula is C27H23ClN4O3. The van der Waals surface area contributed by atoms with Crippen LogP contribution in [0, 0.1) is 0 Å². The Morgan fingerprint density at radius 1 is 1.00 bits per heavy atom. The minimum Gasteiger partial charge on any atom is -0.480 e. The number of hydrogen-bond acceptors (Lipinski definition) is 5. The first kappa shape index (κ1) is 21.7. The third kappa shape index (κ3) is 3.92. The molecule has 0 spiro atoms. The lowest BCUT2D eigenvalue weighted by molar-refractivity contribution is -0.144. The molecule has 0 unspecified atom stereocenters. The molecule has 176 valence electrons. The maximum atomic E-state index is 12.4. The summed E-state index contributed by atoms with van der Waals surface area (Å²) in [4.78, 5) is 24.8. The molecule has 1 fully saturated rings. The number of para-hydroxylation sites is 3. The molecule has 2 aliphatic heterocycles. The smallest absolute Gasteiger partial charge is 0.325 e. The number of nitrogens with zero attached hydrogens (tertiary/aromatic N) is 3. The SMILES string of the molecule is O=C(O)[C@H](c1c[nH]c2cc(Cl)ccc12)N1CCN(C2=Nc3ccccc3Oc3ccccc32)CC1. The molecular weight excluding hydrogens is 464 g/mol. The van der Waals surface area contributed by atoms with Gasteiger partial charge in [-0.3, -0.25) is 9.69 Å². The fourth-order valence-electron chi connectivity index (χ4n) is 4.93. The van der Waals surface area contributed by atoms with Gasteiger partial charge in [0.15, 0.2) is 5.75 Å². The van der Waals surface area contributed by atoms with Gasteiger partial charge in [0.05, 0.1) is 5.56 Å². The molecule has 35 heavy (non-hydrogen) atoms. The van der Waals surface area contributed by atoms with E-state index in [0.29, 0.717) is 31.2 Å². The number of nitrogens with one attached hydrogen (secondary N) is 1. The van der Waals surface area contributed by atoms with E-state index in [4.69, 9.17) is 21.3 Å². The number of carboxylic acid groups (broad SMARTS) is 1. The standard InChI is InChI=1S/C27H23ClN4O3/c28-17-9-10-18-20(16-29-22(18)15-17)25(27(33)34)31-11-13-32(14-12-31)26-19-5-1-3-7-23(19)35-24-8-4-2-6-21(24)30-26/h1-10,15-16,25,29H,11-14H2,(H,33,34)/t25-/m0/s1. The fraction of sp³-hybridized carbons (Fsp3) is 0.185. The van der Waals surface area contributed by atoms with Crippen molar-refractivity contribution >= 4 is 40.0 Å². The Morgan fingerprint density at radius 2 is 1.74 bits per heavy atom. The number of ether oxygens (including phenoxy) is 1. The van der Waals surface area contributed by atoms with Crippen LogP contribution in [0.2, 0.25) is 5.02 Å². The van der Waals surface area contributed by atoms with Crippen LogP contribution in [-0.2, 0) is 4.79 Å². The van der Waals surface area contributed by atoms with E-state index < -0.39 is 12.0 Å². The highest BCUT2D eigenvalue weighted by atomic mass is 35.5. The van der Waals surface area contributed by atoms with Crippen LogP contribution in [0.4, 0.5) is 5.69 Å². The normalized spacial score (nSPS) is 16.6. The summed E-state index contributed by atoms with van der Waals surface area (Å²) in [6, 6.07) is 20.4. The van der Waals surface area contributed by atoms with Crippen molar-refractivity contribution in [1.29, 1.82) is 0 Å².